The molecular weight excluding hydrogens is 246 g/mol. The molecule has 0 saturated carbocycles. The van der Waals surface area contributed by atoms with Crippen LogP contribution in [0.5, 0.6) is 0 Å². The normalized spacial score (nSPS) is 11.3. The van der Waals surface area contributed by atoms with Crippen LogP contribution in [0.2, 0.25) is 0 Å². The smallest absolute Gasteiger partial charge is 0.151 e. The first-order chi connectivity index (χ1) is 9.25. The molecule has 1 N–H and O–H groups in total. The Morgan fingerprint density at radius 3 is 2.53 bits per heavy atom. The third-order valence-corrected chi connectivity index (χ3v) is 2.36. The van der Waals surface area contributed by atoms with Gasteiger partial charge in [-0.1, -0.05) is 36.4 Å². The Morgan fingerprint density at radius 1 is 1.00 bits per heavy atom. The SMILES string of the molecule is Fc1ccc(NN=C/C=C/c2ccccc2)c(F)c1. The maximum Gasteiger partial charge on any atom is 0.151 e. The summed E-state index contributed by atoms with van der Waals surface area (Å²) in [7, 11) is 0. The van der Waals surface area contributed by atoms with Gasteiger partial charge >= 0.3 is 0 Å². The van der Waals surface area contributed by atoms with E-state index in [4.69, 9.17) is 0 Å². The van der Waals surface area contributed by atoms with Crippen molar-refractivity contribution >= 4 is 18.0 Å². The summed E-state index contributed by atoms with van der Waals surface area (Å²) in [5.74, 6) is -1.29. The minimum absolute atomic E-state index is 0.130. The third kappa shape index (κ3) is 4.03. The van der Waals surface area contributed by atoms with E-state index >= 15 is 0 Å². The van der Waals surface area contributed by atoms with Gasteiger partial charge in [-0.05, 0) is 23.8 Å². The molecule has 19 heavy (non-hydrogen) atoms. The van der Waals surface area contributed by atoms with E-state index in [2.05, 4.69) is 10.5 Å². The van der Waals surface area contributed by atoms with Gasteiger partial charge in [0.1, 0.15) is 5.82 Å². The molecular formula is C15H12F2N2. The van der Waals surface area contributed by atoms with Crippen molar-refractivity contribution in [3.63, 3.8) is 0 Å². The summed E-state index contributed by atoms with van der Waals surface area (Å²) in [5, 5.41) is 3.82. The van der Waals surface area contributed by atoms with Gasteiger partial charge in [0.25, 0.3) is 0 Å². The molecule has 2 aromatic rings. The zero-order valence-electron chi connectivity index (χ0n) is 10.1. The van der Waals surface area contributed by atoms with Gasteiger partial charge in [-0.25, -0.2) is 8.78 Å². The van der Waals surface area contributed by atoms with Crippen molar-refractivity contribution in [1.82, 2.24) is 0 Å². The Labute approximate surface area is 110 Å². The number of benzene rings is 2. The number of anilines is 1. The Bertz CT molecular complexity index is 592. The van der Waals surface area contributed by atoms with Gasteiger partial charge in [0.15, 0.2) is 5.82 Å². The van der Waals surface area contributed by atoms with Crippen LogP contribution < -0.4 is 5.43 Å². The summed E-state index contributed by atoms with van der Waals surface area (Å²) in [5.41, 5.74) is 3.68. The number of rotatable bonds is 4. The van der Waals surface area contributed by atoms with Crippen LogP contribution in [0, 0.1) is 11.6 Å². The molecule has 0 fully saturated rings. The van der Waals surface area contributed by atoms with Gasteiger partial charge in [0.05, 0.1) is 5.69 Å². The van der Waals surface area contributed by atoms with Crippen LogP contribution in [0.4, 0.5) is 14.5 Å². The molecule has 0 saturated heterocycles. The number of hydrogen-bond acceptors (Lipinski definition) is 2. The molecule has 0 radical (unpaired) electrons. The molecule has 0 aliphatic heterocycles. The molecule has 2 aromatic carbocycles. The number of nitrogens with one attached hydrogen (secondary N) is 1. The monoisotopic (exact) mass is 258 g/mol. The van der Waals surface area contributed by atoms with Gasteiger partial charge in [0, 0.05) is 12.3 Å². The summed E-state index contributed by atoms with van der Waals surface area (Å²) >= 11 is 0. The lowest BCUT2D eigenvalue weighted by Gasteiger charge is -2.00. The zero-order valence-corrected chi connectivity index (χ0v) is 10.1. The molecule has 0 aliphatic carbocycles. The molecule has 0 atom stereocenters. The van der Waals surface area contributed by atoms with E-state index in [9.17, 15) is 8.78 Å². The highest BCUT2D eigenvalue weighted by Crippen LogP contribution is 2.14. The Balaban J connectivity index is 1.92. The Hall–Kier alpha value is -2.49. The molecule has 2 nitrogen and oxygen atoms in total. The quantitative estimate of drug-likeness (QED) is 0.648. The predicted molar refractivity (Wildman–Crippen MR) is 73.9 cm³/mol. The predicted octanol–water partition coefficient (Wildman–Crippen LogP) is 4.08. The van der Waals surface area contributed by atoms with E-state index in [0.29, 0.717) is 0 Å². The van der Waals surface area contributed by atoms with Crippen LogP contribution in [-0.2, 0) is 0 Å². The molecule has 96 valence electrons. The summed E-state index contributed by atoms with van der Waals surface area (Å²) in [6, 6.07) is 13.0. The topological polar surface area (TPSA) is 24.4 Å². The van der Waals surface area contributed by atoms with E-state index in [1.807, 2.05) is 36.4 Å². The van der Waals surface area contributed by atoms with Gasteiger partial charge in [-0.15, -0.1) is 0 Å². The fourth-order valence-corrected chi connectivity index (χ4v) is 1.45. The summed E-state index contributed by atoms with van der Waals surface area (Å²) in [6.07, 6.45) is 5.09. The molecule has 4 heteroatoms. The van der Waals surface area contributed by atoms with Crippen molar-refractivity contribution in [3.05, 3.63) is 71.8 Å². The second kappa shape index (κ2) is 6.44. The highest BCUT2D eigenvalue weighted by molar-refractivity contribution is 5.78. The number of nitrogens with zero attached hydrogens (tertiary/aromatic N) is 1. The average Bonchev–Trinajstić information content (AvgIpc) is 2.42. The van der Waals surface area contributed by atoms with Crippen molar-refractivity contribution in [2.45, 2.75) is 0 Å². The van der Waals surface area contributed by atoms with E-state index in [0.717, 1.165) is 11.6 Å². The lowest BCUT2D eigenvalue weighted by atomic mass is 10.2. The molecule has 0 heterocycles. The van der Waals surface area contributed by atoms with Crippen LogP contribution >= 0.6 is 0 Å². The van der Waals surface area contributed by atoms with Crippen LogP contribution in [0.1, 0.15) is 5.56 Å². The maximum atomic E-state index is 13.2. The highest BCUT2D eigenvalue weighted by Gasteiger charge is 2.00. The van der Waals surface area contributed by atoms with Crippen LogP contribution in [0.3, 0.4) is 0 Å². The van der Waals surface area contributed by atoms with E-state index in [1.165, 1.54) is 18.3 Å². The number of allylic oxidation sites excluding steroid dienone is 1. The van der Waals surface area contributed by atoms with Crippen molar-refractivity contribution in [2.24, 2.45) is 5.10 Å². The first-order valence-corrected chi connectivity index (χ1v) is 5.71. The van der Waals surface area contributed by atoms with Gasteiger partial charge in [0.2, 0.25) is 0 Å². The van der Waals surface area contributed by atoms with Gasteiger partial charge in [-0.3, -0.25) is 5.43 Å². The fraction of sp³-hybridized carbons (Fsp3) is 0. The summed E-state index contributed by atoms with van der Waals surface area (Å²) in [6.45, 7) is 0. The zero-order chi connectivity index (χ0) is 13.5. The molecule has 2 rings (SSSR count). The molecule has 0 aliphatic rings. The van der Waals surface area contributed by atoms with Gasteiger partial charge in [-0.2, -0.15) is 5.10 Å². The Kier molecular flexibility index (Phi) is 4.39. The number of hydrogen-bond donors (Lipinski definition) is 1. The fourth-order valence-electron chi connectivity index (χ4n) is 1.45. The first kappa shape index (κ1) is 13.0. The molecule has 0 unspecified atom stereocenters. The van der Waals surface area contributed by atoms with Crippen LogP contribution in [0.25, 0.3) is 6.08 Å². The number of halogens is 2. The van der Waals surface area contributed by atoms with Gasteiger partial charge < -0.3 is 0 Å². The molecule has 0 amide bonds. The second-order valence-electron chi connectivity index (χ2n) is 3.78. The first-order valence-electron chi connectivity index (χ1n) is 5.71. The van der Waals surface area contributed by atoms with Crippen molar-refractivity contribution in [2.75, 3.05) is 5.43 Å². The third-order valence-electron chi connectivity index (χ3n) is 2.36. The standard InChI is InChI=1S/C15H12F2N2/c16-13-8-9-15(14(17)11-13)19-18-10-4-7-12-5-2-1-3-6-12/h1-11,19H/b7-4+,18-10?. The minimum atomic E-state index is -0.677. The van der Waals surface area contributed by atoms with Crippen molar-refractivity contribution in [3.8, 4) is 0 Å². The molecule has 0 spiro atoms. The van der Waals surface area contributed by atoms with Crippen molar-refractivity contribution in [1.29, 1.82) is 0 Å². The maximum absolute atomic E-state index is 13.2. The lowest BCUT2D eigenvalue weighted by molar-refractivity contribution is 0.585. The molecule has 0 bridgehead atoms. The average molecular weight is 258 g/mol. The largest absolute Gasteiger partial charge is 0.276 e. The summed E-state index contributed by atoms with van der Waals surface area (Å²) < 4.78 is 25.9. The van der Waals surface area contributed by atoms with Crippen LogP contribution in [-0.4, -0.2) is 6.21 Å². The number of hydrazone groups is 1. The van der Waals surface area contributed by atoms with Crippen molar-refractivity contribution < 1.29 is 8.78 Å². The Morgan fingerprint density at radius 2 is 1.79 bits per heavy atom. The van der Waals surface area contributed by atoms with E-state index in [-0.39, 0.29) is 5.69 Å². The van der Waals surface area contributed by atoms with Crippen LogP contribution in [0.15, 0.2) is 59.7 Å². The minimum Gasteiger partial charge on any atom is -0.276 e. The summed E-state index contributed by atoms with van der Waals surface area (Å²) in [4.78, 5) is 0. The molecule has 0 aromatic heterocycles. The van der Waals surface area contributed by atoms with E-state index in [1.54, 1.807) is 6.08 Å². The second-order valence-corrected chi connectivity index (χ2v) is 3.78. The highest BCUT2D eigenvalue weighted by atomic mass is 19.1. The van der Waals surface area contributed by atoms with E-state index < -0.39 is 11.6 Å². The lowest BCUT2D eigenvalue weighted by Crippen LogP contribution is -1.92.